The molecule has 0 radical (unpaired) electrons. The van der Waals surface area contributed by atoms with E-state index >= 15 is 0 Å². The molecule has 0 aromatic heterocycles. The topological polar surface area (TPSA) is 58.6 Å². The Kier molecular flexibility index (Phi) is 10.2. The van der Waals surface area contributed by atoms with Crippen molar-refractivity contribution in [2.75, 3.05) is 6.61 Å². The van der Waals surface area contributed by atoms with Crippen molar-refractivity contribution in [2.45, 2.75) is 51.7 Å². The fourth-order valence-corrected chi connectivity index (χ4v) is 3.93. The fraction of sp³-hybridized carbons (Fsp3) is 0.310. The van der Waals surface area contributed by atoms with Crippen molar-refractivity contribution in [3.8, 4) is 5.75 Å². The third-order valence-electron chi connectivity index (χ3n) is 5.52. The van der Waals surface area contributed by atoms with Crippen molar-refractivity contribution in [3.63, 3.8) is 0 Å². The van der Waals surface area contributed by atoms with Gasteiger partial charge >= 0.3 is 0 Å². The molecule has 2 amide bonds. The Balaban J connectivity index is 1.75. The summed E-state index contributed by atoms with van der Waals surface area (Å²) in [5, 5.41) is 3.66. The zero-order chi connectivity index (χ0) is 25.0. The average Bonchev–Trinajstić information content (AvgIpc) is 2.85. The van der Waals surface area contributed by atoms with Crippen LogP contribution in [0.5, 0.6) is 5.75 Å². The van der Waals surface area contributed by atoms with E-state index in [2.05, 4.69) is 5.32 Å². The van der Waals surface area contributed by atoms with Crippen molar-refractivity contribution < 1.29 is 14.3 Å². The van der Waals surface area contributed by atoms with Gasteiger partial charge in [-0.25, -0.2) is 0 Å². The van der Waals surface area contributed by atoms with Crippen LogP contribution in [-0.4, -0.2) is 35.4 Å². The summed E-state index contributed by atoms with van der Waals surface area (Å²) in [5.74, 6) is 0.486. The number of nitrogens with one attached hydrogen (secondary N) is 1. The zero-order valence-electron chi connectivity index (χ0n) is 20.3. The lowest BCUT2D eigenvalue weighted by Gasteiger charge is -2.32. The molecule has 0 aliphatic heterocycles. The summed E-state index contributed by atoms with van der Waals surface area (Å²) in [6.07, 6.45) is 1.26. The molecule has 0 saturated carbocycles. The maximum absolute atomic E-state index is 13.5. The van der Waals surface area contributed by atoms with Gasteiger partial charge in [0.25, 0.3) is 0 Å². The van der Waals surface area contributed by atoms with E-state index in [4.69, 9.17) is 16.3 Å². The monoisotopic (exact) mass is 492 g/mol. The molecule has 1 N–H and O–H groups in total. The lowest BCUT2D eigenvalue weighted by molar-refractivity contribution is -0.141. The summed E-state index contributed by atoms with van der Waals surface area (Å²) in [7, 11) is 0. The number of carbonyl (C=O) groups is 2. The molecule has 35 heavy (non-hydrogen) atoms. The molecule has 0 aliphatic rings. The minimum absolute atomic E-state index is 0.0257. The molecule has 1 atom stereocenters. The van der Waals surface area contributed by atoms with Gasteiger partial charge in [-0.1, -0.05) is 72.3 Å². The smallest absolute Gasteiger partial charge is 0.243 e. The number of halogens is 1. The molecular formula is C29H33ClN2O3. The molecule has 0 heterocycles. The Labute approximate surface area is 213 Å². The Hall–Kier alpha value is -3.31. The van der Waals surface area contributed by atoms with Crippen molar-refractivity contribution in [1.82, 2.24) is 10.2 Å². The number of ether oxygens (including phenoxy) is 1. The normalized spacial score (nSPS) is 11.7. The second kappa shape index (κ2) is 13.5. The third-order valence-corrected chi connectivity index (χ3v) is 5.77. The highest BCUT2D eigenvalue weighted by atomic mass is 35.5. The first-order chi connectivity index (χ1) is 16.9. The number of hydrogen-bond acceptors (Lipinski definition) is 3. The molecule has 5 nitrogen and oxygen atoms in total. The Morgan fingerprint density at radius 2 is 1.49 bits per heavy atom. The molecular weight excluding hydrogens is 460 g/mol. The number of amides is 2. The highest BCUT2D eigenvalue weighted by Crippen LogP contribution is 2.18. The molecule has 0 bridgehead atoms. The van der Waals surface area contributed by atoms with Crippen LogP contribution in [0.4, 0.5) is 0 Å². The minimum Gasteiger partial charge on any atom is -0.494 e. The second-order valence-corrected chi connectivity index (χ2v) is 9.22. The quantitative estimate of drug-likeness (QED) is 0.332. The van der Waals surface area contributed by atoms with Crippen molar-refractivity contribution >= 4 is 23.4 Å². The highest BCUT2D eigenvalue weighted by Gasteiger charge is 2.30. The summed E-state index contributed by atoms with van der Waals surface area (Å²) in [5.41, 5.74) is 1.99. The van der Waals surface area contributed by atoms with Gasteiger partial charge in [0.15, 0.2) is 0 Å². The van der Waals surface area contributed by atoms with Gasteiger partial charge in [0.05, 0.1) is 6.61 Å². The Bertz CT molecular complexity index is 1060. The highest BCUT2D eigenvalue weighted by molar-refractivity contribution is 6.30. The summed E-state index contributed by atoms with van der Waals surface area (Å²) >= 11 is 5.92. The summed E-state index contributed by atoms with van der Waals surface area (Å²) in [6.45, 7) is 4.61. The number of benzene rings is 3. The molecule has 0 aliphatic carbocycles. The standard InChI is InChI=1S/C29H33ClN2O3/c1-22(2)31-29(34)27(20-23-10-5-3-6-11-23)32(21-24-12-7-4-8-13-24)28(33)14-9-19-35-26-17-15-25(30)16-18-26/h3-8,10-13,15-18,22,27H,9,14,19-21H2,1-2H3,(H,31,34). The summed E-state index contributed by atoms with van der Waals surface area (Å²) < 4.78 is 5.76. The van der Waals surface area contributed by atoms with Crippen molar-refractivity contribution in [1.29, 1.82) is 0 Å². The molecule has 0 fully saturated rings. The van der Waals surface area contributed by atoms with E-state index < -0.39 is 6.04 Å². The molecule has 3 aromatic carbocycles. The van der Waals surface area contributed by atoms with Crippen LogP contribution in [0.3, 0.4) is 0 Å². The lowest BCUT2D eigenvalue weighted by Crippen LogP contribution is -2.51. The van der Waals surface area contributed by atoms with Gasteiger partial charge < -0.3 is 15.0 Å². The van der Waals surface area contributed by atoms with Crippen LogP contribution >= 0.6 is 11.6 Å². The number of carbonyl (C=O) groups excluding carboxylic acids is 2. The first-order valence-corrected chi connectivity index (χ1v) is 12.4. The molecule has 1 unspecified atom stereocenters. The molecule has 6 heteroatoms. The first-order valence-electron chi connectivity index (χ1n) is 12.0. The SMILES string of the molecule is CC(C)NC(=O)C(Cc1ccccc1)N(Cc1ccccc1)C(=O)CCCOc1ccc(Cl)cc1. The second-order valence-electron chi connectivity index (χ2n) is 8.78. The third kappa shape index (κ3) is 8.76. The van der Waals surface area contributed by atoms with Crippen LogP contribution in [-0.2, 0) is 22.6 Å². The van der Waals surface area contributed by atoms with Crippen LogP contribution in [0.2, 0.25) is 5.02 Å². The van der Waals surface area contributed by atoms with E-state index in [0.717, 1.165) is 11.1 Å². The van der Waals surface area contributed by atoms with Gasteiger partial charge in [0, 0.05) is 30.5 Å². The van der Waals surface area contributed by atoms with Crippen LogP contribution < -0.4 is 10.1 Å². The Morgan fingerprint density at radius 3 is 2.09 bits per heavy atom. The molecule has 0 spiro atoms. The van der Waals surface area contributed by atoms with Gasteiger partial charge in [-0.2, -0.15) is 0 Å². The van der Waals surface area contributed by atoms with E-state index in [-0.39, 0.29) is 24.3 Å². The minimum atomic E-state index is -0.621. The Morgan fingerprint density at radius 1 is 0.886 bits per heavy atom. The van der Waals surface area contributed by atoms with E-state index in [9.17, 15) is 9.59 Å². The van der Waals surface area contributed by atoms with Crippen molar-refractivity contribution in [3.05, 3.63) is 101 Å². The van der Waals surface area contributed by atoms with Gasteiger partial charge in [-0.3, -0.25) is 9.59 Å². The molecule has 0 saturated heterocycles. The summed E-state index contributed by atoms with van der Waals surface area (Å²) in [4.78, 5) is 28.5. The van der Waals surface area contributed by atoms with Gasteiger partial charge in [0.1, 0.15) is 11.8 Å². The number of nitrogens with zero attached hydrogens (tertiary/aromatic N) is 1. The largest absolute Gasteiger partial charge is 0.494 e. The van der Waals surface area contributed by atoms with Gasteiger partial charge in [0.2, 0.25) is 11.8 Å². The van der Waals surface area contributed by atoms with E-state index in [1.165, 1.54) is 0 Å². The fourth-order valence-electron chi connectivity index (χ4n) is 3.80. The predicted molar refractivity (Wildman–Crippen MR) is 140 cm³/mol. The zero-order valence-corrected chi connectivity index (χ0v) is 21.1. The molecule has 3 aromatic rings. The van der Waals surface area contributed by atoms with E-state index in [0.29, 0.717) is 36.8 Å². The van der Waals surface area contributed by atoms with Crippen molar-refractivity contribution in [2.24, 2.45) is 0 Å². The lowest BCUT2D eigenvalue weighted by atomic mass is 10.0. The molecule has 184 valence electrons. The molecule has 3 rings (SSSR count). The van der Waals surface area contributed by atoms with Crippen LogP contribution in [0, 0.1) is 0 Å². The predicted octanol–water partition coefficient (Wildman–Crippen LogP) is 5.66. The van der Waals surface area contributed by atoms with E-state index in [1.807, 2.05) is 74.5 Å². The van der Waals surface area contributed by atoms with Crippen LogP contribution in [0.15, 0.2) is 84.9 Å². The average molecular weight is 493 g/mol. The van der Waals surface area contributed by atoms with Crippen LogP contribution in [0.25, 0.3) is 0 Å². The number of hydrogen-bond donors (Lipinski definition) is 1. The van der Waals surface area contributed by atoms with Gasteiger partial charge in [-0.15, -0.1) is 0 Å². The maximum atomic E-state index is 13.5. The first kappa shape index (κ1) is 26.3. The number of rotatable bonds is 12. The van der Waals surface area contributed by atoms with Crippen LogP contribution in [0.1, 0.15) is 37.8 Å². The van der Waals surface area contributed by atoms with E-state index in [1.54, 1.807) is 29.2 Å². The van der Waals surface area contributed by atoms with Gasteiger partial charge in [-0.05, 0) is 55.7 Å². The summed E-state index contributed by atoms with van der Waals surface area (Å²) in [6, 6.07) is 26.1. The maximum Gasteiger partial charge on any atom is 0.243 e.